The van der Waals surface area contributed by atoms with Crippen LogP contribution in [0.25, 0.3) is 33.4 Å². The van der Waals surface area contributed by atoms with E-state index in [0.29, 0.717) is 28.3 Å². The molecule has 0 spiro atoms. The van der Waals surface area contributed by atoms with Gasteiger partial charge in [-0.15, -0.1) is 0 Å². The molecule has 0 aromatic heterocycles. The summed E-state index contributed by atoms with van der Waals surface area (Å²) in [4.78, 5) is 54.5. The minimum Gasteiger partial charge on any atom is -0.495 e. The van der Waals surface area contributed by atoms with Gasteiger partial charge in [-0.3, -0.25) is 19.2 Å². The van der Waals surface area contributed by atoms with E-state index in [2.05, 4.69) is 36.4 Å². The summed E-state index contributed by atoms with van der Waals surface area (Å²) in [5, 5.41) is 0. The van der Waals surface area contributed by atoms with Crippen molar-refractivity contribution >= 4 is 35.0 Å². The summed E-state index contributed by atoms with van der Waals surface area (Å²) in [6, 6.07) is 47.5. The van der Waals surface area contributed by atoms with Crippen LogP contribution in [0.5, 0.6) is 5.75 Å². The molecule has 0 aliphatic carbocycles. The molecule has 256 valence electrons. The fourth-order valence-corrected chi connectivity index (χ4v) is 7.13. The van der Waals surface area contributed by atoms with E-state index >= 15 is 0 Å². The highest BCUT2D eigenvalue weighted by Gasteiger charge is 2.33. The molecule has 1 atom stereocenters. The van der Waals surface area contributed by atoms with Gasteiger partial charge < -0.3 is 4.74 Å². The van der Waals surface area contributed by atoms with Crippen LogP contribution in [0.1, 0.15) is 22.6 Å². The van der Waals surface area contributed by atoms with Gasteiger partial charge >= 0.3 is 0 Å². The molecule has 7 nitrogen and oxygen atoms in total. The zero-order valence-electron chi connectivity index (χ0n) is 28.7. The van der Waals surface area contributed by atoms with Gasteiger partial charge in [-0.2, -0.15) is 0 Å². The Hall–Kier alpha value is -7.12. The van der Waals surface area contributed by atoms with E-state index in [1.54, 1.807) is 0 Å². The molecule has 0 saturated carbocycles. The molecule has 2 heterocycles. The summed E-state index contributed by atoms with van der Waals surface area (Å²) >= 11 is 0. The van der Waals surface area contributed by atoms with Gasteiger partial charge in [-0.1, -0.05) is 121 Å². The van der Waals surface area contributed by atoms with Crippen LogP contribution in [-0.2, 0) is 19.2 Å². The summed E-state index contributed by atoms with van der Waals surface area (Å²) < 4.78 is 6.00. The Kier molecular flexibility index (Phi) is 8.66. The molecule has 2 aliphatic heterocycles. The van der Waals surface area contributed by atoms with E-state index in [4.69, 9.17) is 4.74 Å². The van der Waals surface area contributed by atoms with E-state index < -0.39 is 29.5 Å². The molecule has 0 N–H and O–H groups in total. The van der Waals surface area contributed by atoms with Crippen molar-refractivity contribution < 1.29 is 23.9 Å². The second kappa shape index (κ2) is 13.9. The van der Waals surface area contributed by atoms with Crippen LogP contribution >= 0.6 is 0 Å². The number of hydrogen-bond acceptors (Lipinski definition) is 5. The normalized spacial score (nSPS) is 14.4. The maximum Gasteiger partial charge on any atom is 0.258 e. The van der Waals surface area contributed by atoms with E-state index in [-0.39, 0.29) is 0 Å². The minimum atomic E-state index is -0.449. The number of rotatable bonds is 9. The van der Waals surface area contributed by atoms with Gasteiger partial charge in [0.15, 0.2) is 0 Å². The molecule has 8 rings (SSSR count). The lowest BCUT2D eigenvalue weighted by atomic mass is 9.81. The molecule has 53 heavy (non-hydrogen) atoms. The summed E-state index contributed by atoms with van der Waals surface area (Å²) in [5.74, 6) is -1.74. The average Bonchev–Trinajstić information content (AvgIpc) is 3.73. The molecule has 6 aromatic carbocycles. The van der Waals surface area contributed by atoms with Crippen molar-refractivity contribution in [1.82, 2.24) is 0 Å². The number of amides is 4. The zero-order chi connectivity index (χ0) is 36.5. The van der Waals surface area contributed by atoms with E-state index in [0.717, 1.165) is 43.8 Å². The van der Waals surface area contributed by atoms with Crippen molar-refractivity contribution in [2.75, 3.05) is 16.9 Å². The Bertz CT molecular complexity index is 2420. The predicted molar refractivity (Wildman–Crippen MR) is 206 cm³/mol. The monoisotopic (exact) mass is 692 g/mol. The van der Waals surface area contributed by atoms with Crippen molar-refractivity contribution in [3.8, 4) is 39.1 Å². The number of hydrogen-bond donors (Lipinski definition) is 0. The number of anilines is 2. The van der Waals surface area contributed by atoms with Crippen molar-refractivity contribution in [3.63, 3.8) is 0 Å². The SMILES string of the molecule is COc1cc(C(c2ccc(-c3ccccc3)cc2)c2ccc(N3C(=O)C=CC3=O)c(-c3ccccc3)c2)cc(-c2ccccc2)c1N1C(=O)C=CC1=O. The van der Waals surface area contributed by atoms with Gasteiger partial charge in [0.2, 0.25) is 0 Å². The number of benzene rings is 6. The third-order valence-electron chi connectivity index (χ3n) is 9.61. The number of nitrogens with zero attached hydrogens (tertiary/aromatic N) is 2. The Balaban J connectivity index is 1.37. The number of methoxy groups -OCH3 is 1. The number of carbonyl (C=O) groups is 4. The lowest BCUT2D eigenvalue weighted by molar-refractivity contribution is -0.121. The first-order chi connectivity index (χ1) is 25.9. The first-order valence-electron chi connectivity index (χ1n) is 17.2. The van der Waals surface area contributed by atoms with Gasteiger partial charge in [0.1, 0.15) is 11.4 Å². The highest BCUT2D eigenvalue weighted by molar-refractivity contribution is 6.30. The second-order valence-electron chi connectivity index (χ2n) is 12.7. The minimum absolute atomic E-state index is 0.358. The fraction of sp³-hybridized carbons (Fsp3) is 0.0435. The van der Waals surface area contributed by atoms with Crippen molar-refractivity contribution in [3.05, 3.63) is 187 Å². The molecule has 0 saturated heterocycles. The number of ether oxygens (including phenoxy) is 1. The Morgan fingerprint density at radius 2 is 0.887 bits per heavy atom. The number of carbonyl (C=O) groups excluding carboxylic acids is 4. The van der Waals surface area contributed by atoms with E-state index in [1.165, 1.54) is 36.3 Å². The van der Waals surface area contributed by atoms with Crippen molar-refractivity contribution in [2.24, 2.45) is 0 Å². The predicted octanol–water partition coefficient (Wildman–Crippen LogP) is 8.74. The van der Waals surface area contributed by atoms with E-state index in [1.807, 2.05) is 109 Å². The first-order valence-corrected chi connectivity index (χ1v) is 17.2. The molecular formula is C46H32N2O5. The van der Waals surface area contributed by atoms with Crippen LogP contribution in [0.3, 0.4) is 0 Å². The third kappa shape index (κ3) is 6.15. The molecular weight excluding hydrogens is 661 g/mol. The van der Waals surface area contributed by atoms with Gasteiger partial charge in [0.05, 0.1) is 12.8 Å². The molecule has 0 radical (unpaired) electrons. The highest BCUT2D eigenvalue weighted by Crippen LogP contribution is 2.46. The quantitative estimate of drug-likeness (QED) is 0.112. The van der Waals surface area contributed by atoms with Gasteiger partial charge in [-0.05, 0) is 63.2 Å². The number of imide groups is 2. The van der Waals surface area contributed by atoms with Crippen LogP contribution in [-0.4, -0.2) is 30.7 Å². The van der Waals surface area contributed by atoms with Crippen LogP contribution in [0.15, 0.2) is 170 Å². The largest absolute Gasteiger partial charge is 0.495 e. The molecule has 4 amide bonds. The lowest BCUT2D eigenvalue weighted by Crippen LogP contribution is -2.30. The molecule has 1 unspecified atom stereocenters. The summed E-state index contributed by atoms with van der Waals surface area (Å²) in [7, 11) is 1.53. The lowest BCUT2D eigenvalue weighted by Gasteiger charge is -2.27. The van der Waals surface area contributed by atoms with Gasteiger partial charge in [0.25, 0.3) is 23.6 Å². The fourth-order valence-electron chi connectivity index (χ4n) is 7.13. The Labute approximate surface area is 306 Å². The van der Waals surface area contributed by atoms with Gasteiger partial charge in [0, 0.05) is 41.3 Å². The summed E-state index contributed by atoms with van der Waals surface area (Å²) in [6.07, 6.45) is 5.10. The second-order valence-corrected chi connectivity index (χ2v) is 12.7. The summed E-state index contributed by atoms with van der Waals surface area (Å²) in [5.41, 5.74) is 8.68. The first kappa shape index (κ1) is 33.0. The van der Waals surface area contributed by atoms with Crippen molar-refractivity contribution in [2.45, 2.75) is 5.92 Å². The highest BCUT2D eigenvalue weighted by atomic mass is 16.5. The third-order valence-corrected chi connectivity index (χ3v) is 9.61. The van der Waals surface area contributed by atoms with Crippen molar-refractivity contribution in [1.29, 1.82) is 0 Å². The van der Waals surface area contributed by atoms with Crippen LogP contribution in [0.4, 0.5) is 11.4 Å². The average molecular weight is 693 g/mol. The Morgan fingerprint density at radius 1 is 0.434 bits per heavy atom. The molecule has 7 heteroatoms. The van der Waals surface area contributed by atoms with Crippen LogP contribution < -0.4 is 14.5 Å². The maximum atomic E-state index is 13.1. The topological polar surface area (TPSA) is 84.0 Å². The standard InChI is InChI=1S/C46H32N2O5/c1-53-40-29-36(28-38(33-15-9-4-10-16-33)46(40)48-43(51)25-26-44(48)52)45(34-19-17-31(18-20-34)30-11-5-2-6-12-30)35-21-22-39(47-41(49)23-24-42(47)50)37(27-35)32-13-7-3-8-14-32/h2-29,45H,1H3. The Morgan fingerprint density at radius 3 is 1.43 bits per heavy atom. The smallest absolute Gasteiger partial charge is 0.258 e. The zero-order valence-corrected chi connectivity index (χ0v) is 28.7. The van der Waals surface area contributed by atoms with Gasteiger partial charge in [-0.25, -0.2) is 9.80 Å². The van der Waals surface area contributed by atoms with Crippen LogP contribution in [0, 0.1) is 0 Å². The summed E-state index contributed by atoms with van der Waals surface area (Å²) in [6.45, 7) is 0. The van der Waals surface area contributed by atoms with Crippen LogP contribution in [0.2, 0.25) is 0 Å². The molecule has 0 bridgehead atoms. The molecule has 2 aliphatic rings. The molecule has 6 aromatic rings. The van der Waals surface area contributed by atoms with E-state index in [9.17, 15) is 19.2 Å². The maximum absolute atomic E-state index is 13.1. The molecule has 0 fully saturated rings.